The average Bonchev–Trinajstić information content (AvgIpc) is 3.20. The Morgan fingerprint density at radius 1 is 1.04 bits per heavy atom. The van der Waals surface area contributed by atoms with Crippen molar-refractivity contribution in [2.24, 2.45) is 0 Å². The van der Waals surface area contributed by atoms with Gasteiger partial charge in [-0.15, -0.1) is 0 Å². The van der Waals surface area contributed by atoms with Gasteiger partial charge < -0.3 is 14.6 Å². The fraction of sp³-hybridized carbons (Fsp3) is 0.105. The quantitative estimate of drug-likeness (QED) is 0.704. The summed E-state index contributed by atoms with van der Waals surface area (Å²) >= 11 is 3.55. The van der Waals surface area contributed by atoms with Gasteiger partial charge in [-0.05, 0) is 46.3 Å². The second-order valence-corrected chi connectivity index (χ2v) is 6.48. The summed E-state index contributed by atoms with van der Waals surface area (Å²) in [7, 11) is 0. The van der Waals surface area contributed by atoms with Crippen LogP contribution in [-0.2, 0) is 6.54 Å². The molecule has 1 atom stereocenters. The van der Waals surface area contributed by atoms with Crippen LogP contribution in [0, 0.1) is 0 Å². The SMILES string of the molecule is O=C1c2ccccc2[C@@H](Nc2ccccc2Br)N1Cc1ccco1. The van der Waals surface area contributed by atoms with E-state index in [2.05, 4.69) is 21.2 Å². The predicted octanol–water partition coefficient (Wildman–Crippen LogP) is 4.81. The molecule has 2 heterocycles. The lowest BCUT2D eigenvalue weighted by atomic mass is 10.1. The zero-order valence-electron chi connectivity index (χ0n) is 12.8. The van der Waals surface area contributed by atoms with Crippen LogP contribution in [0.3, 0.4) is 0 Å². The molecular weight excluding hydrogens is 368 g/mol. The number of fused-ring (bicyclic) bond motifs is 1. The van der Waals surface area contributed by atoms with Crippen molar-refractivity contribution < 1.29 is 9.21 Å². The molecule has 24 heavy (non-hydrogen) atoms. The van der Waals surface area contributed by atoms with E-state index in [1.54, 1.807) is 11.2 Å². The molecule has 5 heteroatoms. The normalized spacial score (nSPS) is 16.3. The monoisotopic (exact) mass is 382 g/mol. The molecular formula is C19H15BrN2O2. The van der Waals surface area contributed by atoms with Crippen molar-refractivity contribution in [3.63, 3.8) is 0 Å². The van der Waals surface area contributed by atoms with Gasteiger partial charge in [0.25, 0.3) is 5.91 Å². The maximum absolute atomic E-state index is 12.8. The van der Waals surface area contributed by atoms with Crippen LogP contribution >= 0.6 is 15.9 Å². The summed E-state index contributed by atoms with van der Waals surface area (Å²) < 4.78 is 6.39. The summed E-state index contributed by atoms with van der Waals surface area (Å²) in [6.45, 7) is 0.419. The number of hydrogen-bond donors (Lipinski definition) is 1. The highest BCUT2D eigenvalue weighted by Crippen LogP contribution is 2.37. The first-order valence-corrected chi connectivity index (χ1v) is 8.46. The lowest BCUT2D eigenvalue weighted by molar-refractivity contribution is 0.0715. The maximum Gasteiger partial charge on any atom is 0.256 e. The van der Waals surface area contributed by atoms with Gasteiger partial charge in [0, 0.05) is 15.6 Å². The number of furan rings is 1. The van der Waals surface area contributed by atoms with E-state index in [9.17, 15) is 4.79 Å². The van der Waals surface area contributed by atoms with E-state index in [4.69, 9.17) is 4.42 Å². The van der Waals surface area contributed by atoms with Crippen LogP contribution in [0.5, 0.6) is 0 Å². The van der Waals surface area contributed by atoms with E-state index >= 15 is 0 Å². The fourth-order valence-corrected chi connectivity index (χ4v) is 3.38. The van der Waals surface area contributed by atoms with Crippen molar-refractivity contribution in [2.45, 2.75) is 12.7 Å². The third kappa shape index (κ3) is 2.61. The minimum absolute atomic E-state index is 0.00607. The van der Waals surface area contributed by atoms with E-state index in [0.717, 1.165) is 27.0 Å². The minimum atomic E-state index is -0.238. The molecule has 0 radical (unpaired) electrons. The Labute approximate surface area is 148 Å². The van der Waals surface area contributed by atoms with Crippen molar-refractivity contribution in [1.29, 1.82) is 0 Å². The van der Waals surface area contributed by atoms with Crippen LogP contribution in [0.2, 0.25) is 0 Å². The van der Waals surface area contributed by atoms with Crippen LogP contribution in [-0.4, -0.2) is 10.8 Å². The summed E-state index contributed by atoms with van der Waals surface area (Å²) in [6.07, 6.45) is 1.39. The molecule has 120 valence electrons. The zero-order chi connectivity index (χ0) is 16.5. The first kappa shape index (κ1) is 15.0. The largest absolute Gasteiger partial charge is 0.467 e. The van der Waals surface area contributed by atoms with Gasteiger partial charge in [-0.2, -0.15) is 0 Å². The summed E-state index contributed by atoms with van der Waals surface area (Å²) in [4.78, 5) is 14.6. The van der Waals surface area contributed by atoms with Gasteiger partial charge >= 0.3 is 0 Å². The predicted molar refractivity (Wildman–Crippen MR) is 95.5 cm³/mol. The number of benzene rings is 2. The van der Waals surface area contributed by atoms with Gasteiger partial charge in [0.05, 0.1) is 18.5 Å². The Balaban J connectivity index is 1.72. The highest BCUT2D eigenvalue weighted by molar-refractivity contribution is 9.10. The van der Waals surface area contributed by atoms with Gasteiger partial charge in [-0.3, -0.25) is 4.79 Å². The Morgan fingerprint density at radius 2 is 1.83 bits per heavy atom. The Morgan fingerprint density at radius 3 is 2.62 bits per heavy atom. The highest BCUT2D eigenvalue weighted by Gasteiger charge is 2.37. The number of para-hydroxylation sites is 1. The van der Waals surface area contributed by atoms with Crippen LogP contribution in [0.4, 0.5) is 5.69 Å². The molecule has 2 aromatic carbocycles. The van der Waals surface area contributed by atoms with Gasteiger partial charge in [0.2, 0.25) is 0 Å². The molecule has 0 bridgehead atoms. The summed E-state index contributed by atoms with van der Waals surface area (Å²) in [5, 5.41) is 3.47. The van der Waals surface area contributed by atoms with Crippen molar-refractivity contribution in [1.82, 2.24) is 4.90 Å². The van der Waals surface area contributed by atoms with Crippen molar-refractivity contribution in [2.75, 3.05) is 5.32 Å². The molecule has 3 aromatic rings. The number of carbonyl (C=O) groups excluding carboxylic acids is 1. The van der Waals surface area contributed by atoms with E-state index < -0.39 is 0 Å². The lowest BCUT2D eigenvalue weighted by Gasteiger charge is -2.26. The lowest BCUT2D eigenvalue weighted by Crippen LogP contribution is -2.31. The summed E-state index contributed by atoms with van der Waals surface area (Å²) in [5.41, 5.74) is 2.65. The number of hydrogen-bond acceptors (Lipinski definition) is 3. The molecule has 1 aromatic heterocycles. The number of nitrogens with one attached hydrogen (secondary N) is 1. The molecule has 1 aliphatic heterocycles. The topological polar surface area (TPSA) is 45.5 Å². The number of nitrogens with zero attached hydrogens (tertiary/aromatic N) is 1. The number of rotatable bonds is 4. The van der Waals surface area contributed by atoms with Gasteiger partial charge in [-0.1, -0.05) is 30.3 Å². The Kier molecular flexibility index (Phi) is 3.86. The van der Waals surface area contributed by atoms with E-state index in [1.807, 2.05) is 60.7 Å². The van der Waals surface area contributed by atoms with Crippen LogP contribution in [0.15, 0.2) is 75.8 Å². The molecule has 1 amide bonds. The van der Waals surface area contributed by atoms with Gasteiger partial charge in [-0.25, -0.2) is 0 Å². The smallest absolute Gasteiger partial charge is 0.256 e. The summed E-state index contributed by atoms with van der Waals surface area (Å²) in [5.74, 6) is 0.765. The molecule has 0 unspecified atom stereocenters. The third-order valence-corrected chi connectivity index (χ3v) is 4.82. The Bertz CT molecular complexity index is 877. The molecule has 0 saturated carbocycles. The maximum atomic E-state index is 12.8. The van der Waals surface area contributed by atoms with E-state index in [-0.39, 0.29) is 12.1 Å². The Hall–Kier alpha value is -2.53. The van der Waals surface area contributed by atoms with Crippen LogP contribution < -0.4 is 5.32 Å². The standard InChI is InChI=1S/C19H15BrN2O2/c20-16-9-3-4-10-17(16)21-18-14-7-1-2-8-15(14)19(23)22(18)12-13-6-5-11-24-13/h1-11,18,21H,12H2/t18-/m0/s1. The molecule has 1 aliphatic rings. The van der Waals surface area contributed by atoms with E-state index in [0.29, 0.717) is 6.54 Å². The van der Waals surface area contributed by atoms with Crippen molar-refractivity contribution in [3.8, 4) is 0 Å². The first-order valence-electron chi connectivity index (χ1n) is 7.67. The zero-order valence-corrected chi connectivity index (χ0v) is 14.4. The first-order chi connectivity index (χ1) is 11.7. The molecule has 1 N–H and O–H groups in total. The molecule has 4 nitrogen and oxygen atoms in total. The molecule has 0 fully saturated rings. The van der Waals surface area contributed by atoms with Gasteiger partial charge in [0.15, 0.2) is 0 Å². The van der Waals surface area contributed by atoms with Crippen LogP contribution in [0.1, 0.15) is 27.8 Å². The number of amides is 1. The molecule has 0 aliphatic carbocycles. The fourth-order valence-electron chi connectivity index (χ4n) is 2.98. The number of halogens is 1. The van der Waals surface area contributed by atoms with Crippen LogP contribution in [0.25, 0.3) is 0 Å². The minimum Gasteiger partial charge on any atom is -0.467 e. The number of carbonyl (C=O) groups is 1. The highest BCUT2D eigenvalue weighted by atomic mass is 79.9. The van der Waals surface area contributed by atoms with Crippen molar-refractivity contribution in [3.05, 3.63) is 88.3 Å². The van der Waals surface area contributed by atoms with Crippen molar-refractivity contribution >= 4 is 27.5 Å². The molecule has 0 saturated heterocycles. The second kappa shape index (κ2) is 6.17. The molecule has 0 spiro atoms. The number of anilines is 1. The van der Waals surface area contributed by atoms with Gasteiger partial charge in [0.1, 0.15) is 11.9 Å². The third-order valence-electron chi connectivity index (χ3n) is 4.13. The molecule has 4 rings (SSSR count). The summed E-state index contributed by atoms with van der Waals surface area (Å²) in [6, 6.07) is 19.3. The average molecular weight is 383 g/mol. The second-order valence-electron chi connectivity index (χ2n) is 5.63. The van der Waals surface area contributed by atoms with E-state index in [1.165, 1.54) is 0 Å².